The van der Waals surface area contributed by atoms with Gasteiger partial charge in [-0.3, -0.25) is 19.5 Å². The molecular formula is C21H21FN4O4. The van der Waals surface area contributed by atoms with Crippen LogP contribution in [0.1, 0.15) is 23.7 Å². The number of nitro groups is 1. The number of ether oxygens (including phenoxy) is 1. The normalized spacial score (nSPS) is 16.9. The first-order valence-electron chi connectivity index (χ1n) is 9.54. The molecule has 0 saturated carbocycles. The van der Waals surface area contributed by atoms with Crippen LogP contribution < -0.4 is 10.3 Å². The number of likely N-dealkylation sites (tertiary alicyclic amines) is 1. The number of non-ortho nitro benzene ring substituents is 1. The fraction of sp³-hybridized carbons (Fsp3) is 0.333. The van der Waals surface area contributed by atoms with Gasteiger partial charge in [0.15, 0.2) is 11.6 Å². The highest BCUT2D eigenvalue weighted by molar-refractivity contribution is 5.84. The number of rotatable bonds is 4. The van der Waals surface area contributed by atoms with Gasteiger partial charge in [-0.1, -0.05) is 0 Å². The van der Waals surface area contributed by atoms with Crippen molar-refractivity contribution >= 4 is 16.6 Å². The molecule has 0 amide bonds. The van der Waals surface area contributed by atoms with Gasteiger partial charge in [-0.15, -0.1) is 0 Å². The Balaban J connectivity index is 2.04. The highest BCUT2D eigenvalue weighted by Crippen LogP contribution is 2.30. The summed E-state index contributed by atoms with van der Waals surface area (Å²) < 4.78 is 20.8. The molecule has 1 aromatic heterocycles. The number of aryl methyl sites for hydroxylation is 1. The number of nitro benzene ring substituents is 1. The number of benzene rings is 2. The van der Waals surface area contributed by atoms with E-state index >= 15 is 0 Å². The van der Waals surface area contributed by atoms with Gasteiger partial charge in [0.2, 0.25) is 0 Å². The van der Waals surface area contributed by atoms with E-state index in [0.29, 0.717) is 29.1 Å². The second-order valence-corrected chi connectivity index (χ2v) is 7.59. The van der Waals surface area contributed by atoms with Crippen LogP contribution in [0.25, 0.3) is 16.6 Å². The molecule has 4 rings (SSSR count). The molecule has 1 aliphatic heterocycles. The maximum atomic E-state index is 14.4. The molecule has 2 heterocycles. The van der Waals surface area contributed by atoms with Crippen molar-refractivity contribution in [3.8, 4) is 11.4 Å². The van der Waals surface area contributed by atoms with Gasteiger partial charge in [-0.05, 0) is 44.6 Å². The van der Waals surface area contributed by atoms with Gasteiger partial charge in [-0.25, -0.2) is 9.37 Å². The summed E-state index contributed by atoms with van der Waals surface area (Å²) in [6, 6.07) is 6.91. The second-order valence-electron chi connectivity index (χ2n) is 7.59. The van der Waals surface area contributed by atoms with Crippen LogP contribution in [0.15, 0.2) is 35.1 Å². The highest BCUT2D eigenvalue weighted by Gasteiger charge is 2.28. The number of likely N-dealkylation sites (N-methyl/N-ethyl adjacent to an activating group) is 1. The largest absolute Gasteiger partial charge is 0.494 e. The molecule has 9 heteroatoms. The van der Waals surface area contributed by atoms with Crippen molar-refractivity contribution in [1.29, 1.82) is 0 Å². The number of hydrogen-bond acceptors (Lipinski definition) is 6. The van der Waals surface area contributed by atoms with Crippen LogP contribution in [-0.2, 0) is 0 Å². The quantitative estimate of drug-likeness (QED) is 0.483. The minimum atomic E-state index is -0.605. The minimum absolute atomic E-state index is 0.0214. The van der Waals surface area contributed by atoms with Gasteiger partial charge < -0.3 is 9.64 Å². The maximum absolute atomic E-state index is 14.4. The number of methoxy groups -OCH3 is 1. The monoisotopic (exact) mass is 412 g/mol. The first kappa shape index (κ1) is 20.0. The van der Waals surface area contributed by atoms with E-state index in [-0.39, 0.29) is 22.7 Å². The molecule has 1 atom stereocenters. The zero-order chi connectivity index (χ0) is 21.6. The highest BCUT2D eigenvalue weighted by atomic mass is 19.1. The summed E-state index contributed by atoms with van der Waals surface area (Å²) in [5.41, 5.74) is 0.652. The molecule has 2 aromatic carbocycles. The summed E-state index contributed by atoms with van der Waals surface area (Å²) in [7, 11) is 3.36. The standard InChI is InChI=1S/C21H21FN4O4/c1-12-8-15(26(28)29)9-16-19(12)23-20(13-6-7-24(2)11-13)25(21(16)27)14-4-5-18(30-3)17(22)10-14/h4-5,8-10,13H,6-7,11H2,1-3H3/t13-/m0/s1. The zero-order valence-electron chi connectivity index (χ0n) is 16.9. The van der Waals surface area contributed by atoms with Gasteiger partial charge in [0, 0.05) is 30.7 Å². The Morgan fingerprint density at radius 1 is 1.30 bits per heavy atom. The first-order valence-corrected chi connectivity index (χ1v) is 9.54. The van der Waals surface area contributed by atoms with Crippen LogP contribution in [0, 0.1) is 22.9 Å². The maximum Gasteiger partial charge on any atom is 0.270 e. The lowest BCUT2D eigenvalue weighted by molar-refractivity contribution is -0.384. The third kappa shape index (κ3) is 3.30. The number of fused-ring (bicyclic) bond motifs is 1. The number of aromatic nitrogens is 2. The lowest BCUT2D eigenvalue weighted by Crippen LogP contribution is -2.27. The molecule has 156 valence electrons. The van der Waals surface area contributed by atoms with Crippen LogP contribution in [-0.4, -0.2) is 46.6 Å². The number of nitrogens with zero attached hydrogens (tertiary/aromatic N) is 4. The molecule has 1 fully saturated rings. The first-order chi connectivity index (χ1) is 14.3. The minimum Gasteiger partial charge on any atom is -0.494 e. The van der Waals surface area contributed by atoms with E-state index in [9.17, 15) is 19.3 Å². The Hall–Kier alpha value is -3.33. The van der Waals surface area contributed by atoms with Gasteiger partial charge in [0.05, 0.1) is 28.6 Å². The average molecular weight is 412 g/mol. The second kappa shape index (κ2) is 7.49. The lowest BCUT2D eigenvalue weighted by atomic mass is 10.1. The van der Waals surface area contributed by atoms with E-state index < -0.39 is 16.3 Å². The number of hydrogen-bond donors (Lipinski definition) is 0. The average Bonchev–Trinajstić information content (AvgIpc) is 3.14. The van der Waals surface area contributed by atoms with Crippen LogP contribution >= 0.6 is 0 Å². The van der Waals surface area contributed by atoms with Gasteiger partial charge in [0.1, 0.15) is 5.82 Å². The Kier molecular flexibility index (Phi) is 4.98. The Morgan fingerprint density at radius 3 is 2.67 bits per heavy atom. The topological polar surface area (TPSA) is 90.5 Å². The third-order valence-electron chi connectivity index (χ3n) is 5.54. The fourth-order valence-corrected chi connectivity index (χ4v) is 4.03. The van der Waals surface area contributed by atoms with E-state index in [1.165, 1.54) is 35.9 Å². The van der Waals surface area contributed by atoms with Crippen molar-refractivity contribution in [3.63, 3.8) is 0 Å². The molecule has 0 radical (unpaired) electrons. The van der Waals surface area contributed by atoms with E-state index in [1.54, 1.807) is 13.0 Å². The summed E-state index contributed by atoms with van der Waals surface area (Å²) in [6.45, 7) is 3.26. The van der Waals surface area contributed by atoms with Crippen molar-refractivity contribution in [2.45, 2.75) is 19.3 Å². The molecule has 0 aliphatic carbocycles. The predicted molar refractivity (Wildman–Crippen MR) is 110 cm³/mol. The van der Waals surface area contributed by atoms with Crippen molar-refractivity contribution in [1.82, 2.24) is 14.5 Å². The summed E-state index contributed by atoms with van der Waals surface area (Å²) in [6.07, 6.45) is 0.805. The molecule has 1 saturated heterocycles. The Bertz CT molecular complexity index is 1220. The smallest absolute Gasteiger partial charge is 0.270 e. The van der Waals surface area contributed by atoms with Gasteiger partial charge in [0.25, 0.3) is 11.2 Å². The molecule has 0 N–H and O–H groups in total. The zero-order valence-corrected chi connectivity index (χ0v) is 16.9. The molecule has 0 bridgehead atoms. The van der Waals surface area contributed by atoms with Crippen molar-refractivity contribution < 1.29 is 14.1 Å². The Morgan fingerprint density at radius 2 is 2.07 bits per heavy atom. The van der Waals surface area contributed by atoms with Crippen LogP contribution in [0.5, 0.6) is 5.75 Å². The van der Waals surface area contributed by atoms with Crippen LogP contribution in [0.2, 0.25) is 0 Å². The van der Waals surface area contributed by atoms with E-state index in [4.69, 9.17) is 9.72 Å². The third-order valence-corrected chi connectivity index (χ3v) is 5.54. The SMILES string of the molecule is COc1ccc(-n2c([C@H]3CCN(C)C3)nc3c(C)cc([N+](=O)[O-])cc3c2=O)cc1F. The lowest BCUT2D eigenvalue weighted by Gasteiger charge is -2.19. The summed E-state index contributed by atoms with van der Waals surface area (Å²) >= 11 is 0. The molecule has 8 nitrogen and oxygen atoms in total. The summed E-state index contributed by atoms with van der Waals surface area (Å²) in [5, 5.41) is 11.4. The molecule has 3 aromatic rings. The predicted octanol–water partition coefficient (Wildman–Crippen LogP) is 3.17. The van der Waals surface area contributed by atoms with Crippen LogP contribution in [0.4, 0.5) is 10.1 Å². The van der Waals surface area contributed by atoms with Crippen molar-refractivity contribution in [2.75, 3.05) is 27.2 Å². The van der Waals surface area contributed by atoms with Gasteiger partial charge >= 0.3 is 0 Å². The van der Waals surface area contributed by atoms with Crippen LogP contribution in [0.3, 0.4) is 0 Å². The molecule has 1 aliphatic rings. The molecule has 0 unspecified atom stereocenters. The van der Waals surface area contributed by atoms with E-state index in [1.807, 2.05) is 7.05 Å². The number of halogens is 1. The van der Waals surface area contributed by atoms with Crippen molar-refractivity contribution in [2.24, 2.45) is 0 Å². The van der Waals surface area contributed by atoms with Crippen molar-refractivity contribution in [3.05, 3.63) is 68.0 Å². The molecular weight excluding hydrogens is 391 g/mol. The summed E-state index contributed by atoms with van der Waals surface area (Å²) in [4.78, 5) is 31.2. The molecule has 30 heavy (non-hydrogen) atoms. The Labute approximate surface area is 171 Å². The van der Waals surface area contributed by atoms with E-state index in [0.717, 1.165) is 13.0 Å². The van der Waals surface area contributed by atoms with Gasteiger partial charge in [-0.2, -0.15) is 0 Å². The summed E-state index contributed by atoms with van der Waals surface area (Å²) in [5.74, 6) is -0.0360. The fourth-order valence-electron chi connectivity index (χ4n) is 4.03. The molecule has 0 spiro atoms. The van der Waals surface area contributed by atoms with E-state index in [2.05, 4.69) is 4.90 Å².